The molecule has 0 unspecified atom stereocenters. The zero-order chi connectivity index (χ0) is 15.9. The molecule has 0 N–H and O–H groups in total. The standard InChI is InChI=1S/C16H23NO3S2/c1-11-6-13(12(2)21-11)4-3-5-16(18)17-7-14-9-22(19,20)10-15(14)8-17/h6,14-15H,3-5,7-10H2,1-2H3/t14-,15+. The van der Waals surface area contributed by atoms with Gasteiger partial charge in [-0.3, -0.25) is 4.79 Å². The van der Waals surface area contributed by atoms with E-state index in [1.54, 1.807) is 0 Å². The topological polar surface area (TPSA) is 54.5 Å². The van der Waals surface area contributed by atoms with Gasteiger partial charge in [0.05, 0.1) is 11.5 Å². The van der Waals surface area contributed by atoms with Crippen LogP contribution < -0.4 is 0 Å². The van der Waals surface area contributed by atoms with Crippen molar-refractivity contribution >= 4 is 27.1 Å². The summed E-state index contributed by atoms with van der Waals surface area (Å²) in [7, 11) is -2.85. The van der Waals surface area contributed by atoms with Gasteiger partial charge in [-0.25, -0.2) is 8.42 Å². The van der Waals surface area contributed by atoms with Gasteiger partial charge in [0.25, 0.3) is 0 Å². The fourth-order valence-electron chi connectivity index (χ4n) is 3.76. The van der Waals surface area contributed by atoms with E-state index < -0.39 is 9.84 Å². The maximum absolute atomic E-state index is 12.3. The summed E-state index contributed by atoms with van der Waals surface area (Å²) < 4.78 is 23.2. The van der Waals surface area contributed by atoms with E-state index in [2.05, 4.69) is 19.9 Å². The van der Waals surface area contributed by atoms with Gasteiger partial charge < -0.3 is 4.90 Å². The van der Waals surface area contributed by atoms with Crippen molar-refractivity contribution in [3.63, 3.8) is 0 Å². The van der Waals surface area contributed by atoms with Crippen molar-refractivity contribution in [3.05, 3.63) is 21.4 Å². The summed E-state index contributed by atoms with van der Waals surface area (Å²) in [6, 6.07) is 2.22. The van der Waals surface area contributed by atoms with E-state index >= 15 is 0 Å². The number of sulfone groups is 1. The van der Waals surface area contributed by atoms with E-state index in [1.807, 2.05) is 16.2 Å². The molecule has 0 aromatic carbocycles. The number of rotatable bonds is 4. The lowest BCUT2D eigenvalue weighted by atomic mass is 10.0. The molecule has 2 saturated heterocycles. The third kappa shape index (κ3) is 3.38. The first-order valence-electron chi connectivity index (χ1n) is 7.88. The molecule has 6 heteroatoms. The second-order valence-electron chi connectivity index (χ2n) is 6.69. The smallest absolute Gasteiger partial charge is 0.222 e. The minimum atomic E-state index is -2.85. The Labute approximate surface area is 136 Å². The Bertz CT molecular complexity index is 658. The fourth-order valence-corrected chi connectivity index (χ4v) is 6.93. The van der Waals surface area contributed by atoms with Crippen LogP contribution in [-0.2, 0) is 21.1 Å². The number of fused-ring (bicyclic) bond motifs is 1. The van der Waals surface area contributed by atoms with Crippen LogP contribution in [0.25, 0.3) is 0 Å². The highest BCUT2D eigenvalue weighted by Gasteiger charge is 2.44. The van der Waals surface area contributed by atoms with E-state index in [0.29, 0.717) is 19.5 Å². The maximum atomic E-state index is 12.3. The molecule has 1 amide bonds. The van der Waals surface area contributed by atoms with Crippen LogP contribution in [0.1, 0.15) is 28.2 Å². The molecule has 2 fully saturated rings. The van der Waals surface area contributed by atoms with Gasteiger partial charge in [-0.15, -0.1) is 11.3 Å². The predicted octanol–water partition coefficient (Wildman–Crippen LogP) is 2.19. The lowest BCUT2D eigenvalue weighted by Crippen LogP contribution is -2.30. The molecule has 2 aliphatic rings. The Hall–Kier alpha value is -0.880. The summed E-state index contributed by atoms with van der Waals surface area (Å²) in [6.45, 7) is 5.53. The van der Waals surface area contributed by atoms with Gasteiger partial charge in [0.15, 0.2) is 9.84 Å². The van der Waals surface area contributed by atoms with Gasteiger partial charge in [0, 0.05) is 29.3 Å². The van der Waals surface area contributed by atoms with Gasteiger partial charge in [-0.05, 0) is 50.2 Å². The first kappa shape index (κ1) is 16.0. The minimum Gasteiger partial charge on any atom is -0.342 e. The Morgan fingerprint density at radius 2 is 1.91 bits per heavy atom. The highest BCUT2D eigenvalue weighted by Crippen LogP contribution is 2.33. The monoisotopic (exact) mass is 341 g/mol. The van der Waals surface area contributed by atoms with Gasteiger partial charge >= 0.3 is 0 Å². The summed E-state index contributed by atoms with van der Waals surface area (Å²) in [5.41, 5.74) is 1.36. The zero-order valence-corrected chi connectivity index (χ0v) is 14.8. The molecular formula is C16H23NO3S2. The van der Waals surface area contributed by atoms with E-state index in [0.717, 1.165) is 12.8 Å². The average Bonchev–Trinajstić information content (AvgIpc) is 3.00. The lowest BCUT2D eigenvalue weighted by Gasteiger charge is -2.17. The zero-order valence-electron chi connectivity index (χ0n) is 13.2. The number of likely N-dealkylation sites (tertiary alicyclic amines) is 1. The van der Waals surface area contributed by atoms with Crippen LogP contribution in [0.2, 0.25) is 0 Å². The molecule has 4 nitrogen and oxygen atoms in total. The number of thiophene rings is 1. The molecule has 0 saturated carbocycles. The highest BCUT2D eigenvalue weighted by molar-refractivity contribution is 7.91. The molecule has 2 aliphatic heterocycles. The first-order chi connectivity index (χ1) is 10.3. The second-order valence-corrected chi connectivity index (χ2v) is 10.3. The van der Waals surface area contributed by atoms with Crippen molar-refractivity contribution in [2.45, 2.75) is 33.1 Å². The van der Waals surface area contributed by atoms with Crippen molar-refractivity contribution in [1.29, 1.82) is 0 Å². The molecule has 1 aromatic heterocycles. The first-order valence-corrected chi connectivity index (χ1v) is 10.5. The highest BCUT2D eigenvalue weighted by atomic mass is 32.2. The number of hydrogen-bond acceptors (Lipinski definition) is 4. The van der Waals surface area contributed by atoms with E-state index in [9.17, 15) is 13.2 Å². The number of hydrogen-bond donors (Lipinski definition) is 0. The third-order valence-corrected chi connectivity index (χ3v) is 7.73. The molecule has 0 bridgehead atoms. The third-order valence-electron chi connectivity index (χ3n) is 4.85. The normalized spacial score (nSPS) is 26.4. The largest absolute Gasteiger partial charge is 0.342 e. The average molecular weight is 341 g/mol. The quantitative estimate of drug-likeness (QED) is 0.843. The summed E-state index contributed by atoms with van der Waals surface area (Å²) in [5, 5.41) is 0. The Morgan fingerprint density at radius 1 is 1.27 bits per heavy atom. The predicted molar refractivity (Wildman–Crippen MR) is 88.9 cm³/mol. The summed E-state index contributed by atoms with van der Waals surface area (Å²) in [6.07, 6.45) is 2.40. The van der Waals surface area contributed by atoms with E-state index in [-0.39, 0.29) is 29.2 Å². The lowest BCUT2D eigenvalue weighted by molar-refractivity contribution is -0.130. The van der Waals surface area contributed by atoms with Crippen molar-refractivity contribution < 1.29 is 13.2 Å². The molecule has 0 radical (unpaired) electrons. The number of nitrogens with zero attached hydrogens (tertiary/aromatic N) is 1. The van der Waals surface area contributed by atoms with Crippen LogP contribution in [0.5, 0.6) is 0 Å². The molecule has 122 valence electrons. The maximum Gasteiger partial charge on any atom is 0.222 e. The molecular weight excluding hydrogens is 318 g/mol. The molecule has 0 spiro atoms. The van der Waals surface area contributed by atoms with Crippen LogP contribution in [0.3, 0.4) is 0 Å². The van der Waals surface area contributed by atoms with Gasteiger partial charge in [-0.2, -0.15) is 0 Å². The van der Waals surface area contributed by atoms with Crippen molar-refractivity contribution in [2.24, 2.45) is 11.8 Å². The van der Waals surface area contributed by atoms with Crippen molar-refractivity contribution in [1.82, 2.24) is 4.90 Å². The van der Waals surface area contributed by atoms with Crippen molar-refractivity contribution in [2.75, 3.05) is 24.6 Å². The fraction of sp³-hybridized carbons (Fsp3) is 0.688. The number of aryl methyl sites for hydroxylation is 3. The molecule has 3 heterocycles. The molecule has 22 heavy (non-hydrogen) atoms. The Morgan fingerprint density at radius 3 is 2.45 bits per heavy atom. The summed E-state index contributed by atoms with van der Waals surface area (Å²) >= 11 is 1.81. The summed E-state index contributed by atoms with van der Waals surface area (Å²) in [5.74, 6) is 1.09. The number of amides is 1. The van der Waals surface area contributed by atoms with Gasteiger partial charge in [0.1, 0.15) is 0 Å². The van der Waals surface area contributed by atoms with Gasteiger partial charge in [0.2, 0.25) is 5.91 Å². The minimum absolute atomic E-state index is 0.177. The Kier molecular flexibility index (Phi) is 4.34. The Balaban J connectivity index is 1.47. The van der Waals surface area contributed by atoms with Crippen molar-refractivity contribution in [3.8, 4) is 0 Å². The number of carbonyl (C=O) groups excluding carboxylic acids is 1. The molecule has 2 atom stereocenters. The SMILES string of the molecule is Cc1cc(CCCC(=O)N2C[C@@H]3CS(=O)(=O)C[C@@H]3C2)c(C)s1. The summed E-state index contributed by atoms with van der Waals surface area (Å²) in [4.78, 5) is 16.9. The molecule has 0 aliphatic carbocycles. The van der Waals surface area contributed by atoms with Crippen LogP contribution >= 0.6 is 11.3 Å². The van der Waals surface area contributed by atoms with Crippen LogP contribution in [0, 0.1) is 25.7 Å². The number of carbonyl (C=O) groups is 1. The van der Waals surface area contributed by atoms with Crippen LogP contribution in [0.4, 0.5) is 0 Å². The van der Waals surface area contributed by atoms with E-state index in [4.69, 9.17) is 0 Å². The molecule has 1 aromatic rings. The second kappa shape index (κ2) is 5.96. The van der Waals surface area contributed by atoms with Gasteiger partial charge in [-0.1, -0.05) is 0 Å². The van der Waals surface area contributed by atoms with Crippen LogP contribution in [-0.4, -0.2) is 43.8 Å². The molecule has 3 rings (SSSR count). The van der Waals surface area contributed by atoms with E-state index in [1.165, 1.54) is 15.3 Å². The van der Waals surface area contributed by atoms with Crippen LogP contribution in [0.15, 0.2) is 6.07 Å².